The lowest BCUT2D eigenvalue weighted by Crippen LogP contribution is -2.37. The van der Waals surface area contributed by atoms with Crippen LogP contribution < -0.4 is 10.3 Å². The van der Waals surface area contributed by atoms with Gasteiger partial charge in [0.25, 0.3) is 5.56 Å². The van der Waals surface area contributed by atoms with Gasteiger partial charge in [-0.05, 0) is 62.7 Å². The normalized spacial score (nSPS) is 19.7. The molecule has 128 valence electrons. The maximum Gasteiger partial charge on any atom is 0.261 e. The number of ether oxygens (including phenoxy) is 1. The lowest BCUT2D eigenvalue weighted by molar-refractivity contribution is 0.167. The van der Waals surface area contributed by atoms with Crippen molar-refractivity contribution in [2.45, 2.75) is 32.2 Å². The molecule has 1 aromatic carbocycles. The lowest BCUT2D eigenvalue weighted by Gasteiger charge is -2.32. The van der Waals surface area contributed by atoms with Crippen LogP contribution in [-0.4, -0.2) is 41.2 Å². The van der Waals surface area contributed by atoms with Crippen molar-refractivity contribution in [1.29, 1.82) is 0 Å². The van der Waals surface area contributed by atoms with Crippen molar-refractivity contribution in [2.24, 2.45) is 11.8 Å². The van der Waals surface area contributed by atoms with E-state index in [9.17, 15) is 4.79 Å². The number of hydrogen-bond donors (Lipinski definition) is 0. The number of hydrogen-bond acceptors (Lipinski definition) is 4. The number of aromatic nitrogens is 2. The molecule has 24 heavy (non-hydrogen) atoms. The van der Waals surface area contributed by atoms with Crippen molar-refractivity contribution in [3.8, 4) is 5.75 Å². The minimum absolute atomic E-state index is 0.0584. The van der Waals surface area contributed by atoms with E-state index in [-0.39, 0.29) is 5.56 Å². The van der Waals surface area contributed by atoms with Gasteiger partial charge >= 0.3 is 0 Å². The van der Waals surface area contributed by atoms with Gasteiger partial charge < -0.3 is 9.64 Å². The predicted molar refractivity (Wildman–Crippen MR) is 94.4 cm³/mol. The molecule has 1 saturated heterocycles. The Hall–Kier alpha value is -1.88. The Morgan fingerprint density at radius 2 is 1.88 bits per heavy atom. The summed E-state index contributed by atoms with van der Waals surface area (Å²) in [5.41, 5.74) is 0.762. The van der Waals surface area contributed by atoms with E-state index in [1.54, 1.807) is 18.0 Å². The van der Waals surface area contributed by atoms with Crippen LogP contribution in [0.15, 0.2) is 29.3 Å². The molecule has 0 spiro atoms. The molecule has 0 atom stereocenters. The molecule has 0 radical (unpaired) electrons. The van der Waals surface area contributed by atoms with Crippen LogP contribution in [0.3, 0.4) is 0 Å². The third kappa shape index (κ3) is 3.31. The van der Waals surface area contributed by atoms with Gasteiger partial charge in [0.15, 0.2) is 0 Å². The quantitative estimate of drug-likeness (QED) is 0.847. The molecular formula is C19H25N3O2. The number of methoxy groups -OCH3 is 1. The van der Waals surface area contributed by atoms with Crippen LogP contribution in [0.4, 0.5) is 0 Å². The predicted octanol–water partition coefficient (Wildman–Crippen LogP) is 2.53. The fourth-order valence-electron chi connectivity index (χ4n) is 3.69. The van der Waals surface area contributed by atoms with Crippen LogP contribution in [0.25, 0.3) is 10.9 Å². The summed E-state index contributed by atoms with van der Waals surface area (Å²) in [7, 11) is 1.62. The Labute approximate surface area is 142 Å². The summed E-state index contributed by atoms with van der Waals surface area (Å²) in [5.74, 6) is 2.27. The zero-order valence-electron chi connectivity index (χ0n) is 14.3. The van der Waals surface area contributed by atoms with E-state index in [1.807, 2.05) is 18.2 Å². The van der Waals surface area contributed by atoms with Gasteiger partial charge in [-0.3, -0.25) is 9.36 Å². The highest BCUT2D eigenvalue weighted by Crippen LogP contribution is 2.31. The number of piperidine rings is 1. The SMILES string of the molecule is COc1ccc2c(=O)n(CC3CCN(CC4CC4)CC3)cnc2c1. The second-order valence-electron chi connectivity index (χ2n) is 7.27. The summed E-state index contributed by atoms with van der Waals surface area (Å²) in [6, 6.07) is 5.46. The average Bonchev–Trinajstić information content (AvgIpc) is 3.43. The van der Waals surface area contributed by atoms with Gasteiger partial charge in [0.2, 0.25) is 0 Å². The number of benzene rings is 1. The lowest BCUT2D eigenvalue weighted by atomic mass is 9.96. The third-order valence-electron chi connectivity index (χ3n) is 5.41. The molecule has 2 aliphatic rings. The first-order valence-electron chi connectivity index (χ1n) is 8.98. The Bertz CT molecular complexity index is 774. The molecule has 2 aromatic rings. The van der Waals surface area contributed by atoms with E-state index in [0.29, 0.717) is 16.8 Å². The van der Waals surface area contributed by atoms with Gasteiger partial charge in [0, 0.05) is 19.2 Å². The van der Waals surface area contributed by atoms with Crippen LogP contribution in [0.2, 0.25) is 0 Å². The Morgan fingerprint density at radius 1 is 1.12 bits per heavy atom. The zero-order chi connectivity index (χ0) is 16.5. The van der Waals surface area contributed by atoms with Crippen molar-refractivity contribution < 1.29 is 4.74 Å². The Balaban J connectivity index is 1.44. The van der Waals surface area contributed by atoms with Crippen molar-refractivity contribution in [1.82, 2.24) is 14.5 Å². The summed E-state index contributed by atoms with van der Waals surface area (Å²) in [6.07, 6.45) is 6.89. The topological polar surface area (TPSA) is 47.4 Å². The molecule has 1 aliphatic carbocycles. The molecule has 5 heteroatoms. The highest BCUT2D eigenvalue weighted by Gasteiger charge is 2.27. The molecule has 1 saturated carbocycles. The maximum atomic E-state index is 12.7. The first-order chi connectivity index (χ1) is 11.7. The average molecular weight is 327 g/mol. The van der Waals surface area contributed by atoms with E-state index in [4.69, 9.17) is 4.74 Å². The second-order valence-corrected chi connectivity index (χ2v) is 7.27. The van der Waals surface area contributed by atoms with E-state index in [1.165, 1.54) is 45.3 Å². The van der Waals surface area contributed by atoms with Gasteiger partial charge in [-0.2, -0.15) is 0 Å². The van der Waals surface area contributed by atoms with Gasteiger partial charge in [-0.25, -0.2) is 4.98 Å². The summed E-state index contributed by atoms with van der Waals surface area (Å²) >= 11 is 0. The molecule has 1 aliphatic heterocycles. The van der Waals surface area contributed by atoms with Crippen LogP contribution in [0.1, 0.15) is 25.7 Å². The van der Waals surface area contributed by atoms with Gasteiger partial charge in [0.05, 0.1) is 24.3 Å². The first-order valence-corrected chi connectivity index (χ1v) is 8.98. The number of fused-ring (bicyclic) bond motifs is 1. The highest BCUT2D eigenvalue weighted by atomic mass is 16.5. The van der Waals surface area contributed by atoms with Crippen LogP contribution >= 0.6 is 0 Å². The van der Waals surface area contributed by atoms with Crippen LogP contribution in [0, 0.1) is 11.8 Å². The molecule has 4 rings (SSSR count). The van der Waals surface area contributed by atoms with Crippen LogP contribution in [0.5, 0.6) is 5.75 Å². The minimum atomic E-state index is 0.0584. The smallest absolute Gasteiger partial charge is 0.261 e. The molecule has 0 amide bonds. The van der Waals surface area contributed by atoms with E-state index >= 15 is 0 Å². The molecule has 0 bridgehead atoms. The van der Waals surface area contributed by atoms with Crippen molar-refractivity contribution >= 4 is 10.9 Å². The van der Waals surface area contributed by atoms with Gasteiger partial charge in [-0.15, -0.1) is 0 Å². The van der Waals surface area contributed by atoms with Crippen LogP contribution in [-0.2, 0) is 6.54 Å². The summed E-state index contributed by atoms with van der Waals surface area (Å²) in [5, 5.41) is 0.671. The third-order valence-corrected chi connectivity index (χ3v) is 5.41. The summed E-state index contributed by atoms with van der Waals surface area (Å²) < 4.78 is 6.99. The second kappa shape index (κ2) is 6.55. The van der Waals surface area contributed by atoms with E-state index in [2.05, 4.69) is 9.88 Å². The minimum Gasteiger partial charge on any atom is -0.497 e. The largest absolute Gasteiger partial charge is 0.497 e. The molecule has 1 aromatic heterocycles. The molecule has 0 unspecified atom stereocenters. The molecular weight excluding hydrogens is 302 g/mol. The standard InChI is InChI=1S/C19H25N3O2/c1-24-16-4-5-17-18(10-16)20-13-22(19(17)23)12-15-6-8-21(9-7-15)11-14-2-3-14/h4-5,10,13-15H,2-3,6-9,11-12H2,1H3. The van der Waals surface area contributed by atoms with Crippen molar-refractivity contribution in [2.75, 3.05) is 26.7 Å². The molecule has 5 nitrogen and oxygen atoms in total. The van der Waals surface area contributed by atoms with E-state index < -0.39 is 0 Å². The number of rotatable bonds is 5. The molecule has 0 N–H and O–H groups in total. The summed E-state index contributed by atoms with van der Waals surface area (Å²) in [6.45, 7) is 4.42. The first kappa shape index (κ1) is 15.6. The molecule has 2 fully saturated rings. The zero-order valence-corrected chi connectivity index (χ0v) is 14.3. The Kier molecular flexibility index (Phi) is 4.27. The number of nitrogens with zero attached hydrogens (tertiary/aromatic N) is 3. The Morgan fingerprint density at radius 3 is 2.58 bits per heavy atom. The summed E-state index contributed by atoms with van der Waals surface area (Å²) in [4.78, 5) is 19.7. The fraction of sp³-hybridized carbons (Fsp3) is 0.579. The monoisotopic (exact) mass is 327 g/mol. The molecule has 2 heterocycles. The fourth-order valence-corrected chi connectivity index (χ4v) is 3.69. The maximum absolute atomic E-state index is 12.7. The highest BCUT2D eigenvalue weighted by molar-refractivity contribution is 5.78. The van der Waals surface area contributed by atoms with Crippen molar-refractivity contribution in [3.05, 3.63) is 34.9 Å². The van der Waals surface area contributed by atoms with Gasteiger partial charge in [-0.1, -0.05) is 0 Å². The van der Waals surface area contributed by atoms with Gasteiger partial charge in [0.1, 0.15) is 5.75 Å². The van der Waals surface area contributed by atoms with Crippen molar-refractivity contribution in [3.63, 3.8) is 0 Å². The van der Waals surface area contributed by atoms with E-state index in [0.717, 1.165) is 18.2 Å². The number of likely N-dealkylation sites (tertiary alicyclic amines) is 1.